The maximum absolute atomic E-state index is 11.9. The van der Waals surface area contributed by atoms with Gasteiger partial charge in [-0.2, -0.15) is 5.10 Å². The van der Waals surface area contributed by atoms with Gasteiger partial charge in [0.2, 0.25) is 0 Å². The molecule has 0 radical (unpaired) electrons. The summed E-state index contributed by atoms with van der Waals surface area (Å²) in [6.07, 6.45) is 1.90. The number of rotatable bonds is 4. The fraction of sp³-hybridized carbons (Fsp3) is 0.636. The zero-order valence-corrected chi connectivity index (χ0v) is 10.4. The molecule has 0 spiro atoms. The number of carbonyl (C=O) groups excluding carboxylic acids is 1. The molecule has 1 aromatic heterocycles. The van der Waals surface area contributed by atoms with Gasteiger partial charge in [-0.15, -0.1) is 0 Å². The van der Waals surface area contributed by atoms with E-state index in [0.717, 1.165) is 0 Å². The van der Waals surface area contributed by atoms with Crippen LogP contribution in [0.4, 0.5) is 5.69 Å². The lowest BCUT2D eigenvalue weighted by atomic mass is 9.85. The van der Waals surface area contributed by atoms with Crippen molar-refractivity contribution in [2.24, 2.45) is 5.41 Å². The van der Waals surface area contributed by atoms with E-state index in [1.54, 1.807) is 0 Å². The highest BCUT2D eigenvalue weighted by atomic mass is 16.3. The number of nitrogens with zero attached hydrogens (tertiary/aromatic N) is 1. The van der Waals surface area contributed by atoms with E-state index in [1.807, 2.05) is 20.8 Å². The van der Waals surface area contributed by atoms with Crippen LogP contribution in [0, 0.1) is 5.41 Å². The SMILES string of the molecule is CC(C)(C)C(CCO)NC(=O)c1[nH]ncc1N. The molecule has 1 rings (SSSR count). The summed E-state index contributed by atoms with van der Waals surface area (Å²) in [4.78, 5) is 11.9. The summed E-state index contributed by atoms with van der Waals surface area (Å²) in [6.45, 7) is 6.04. The lowest BCUT2D eigenvalue weighted by molar-refractivity contribution is 0.0881. The molecular formula is C11H20N4O2. The number of nitrogens with two attached hydrogens (primary N) is 1. The molecule has 1 heterocycles. The van der Waals surface area contributed by atoms with Gasteiger partial charge >= 0.3 is 0 Å². The molecule has 1 aromatic rings. The topological polar surface area (TPSA) is 104 Å². The molecule has 0 aliphatic carbocycles. The highest BCUT2D eigenvalue weighted by Crippen LogP contribution is 2.22. The Bertz CT molecular complexity index is 381. The van der Waals surface area contributed by atoms with Gasteiger partial charge in [-0.3, -0.25) is 9.89 Å². The molecule has 0 fully saturated rings. The van der Waals surface area contributed by atoms with Crippen LogP contribution in [0.15, 0.2) is 6.20 Å². The van der Waals surface area contributed by atoms with E-state index in [9.17, 15) is 4.79 Å². The Hall–Kier alpha value is -1.56. The molecule has 17 heavy (non-hydrogen) atoms. The second-order valence-corrected chi connectivity index (χ2v) is 5.10. The first-order valence-corrected chi connectivity index (χ1v) is 5.57. The molecule has 0 saturated heterocycles. The van der Waals surface area contributed by atoms with Crippen molar-refractivity contribution >= 4 is 11.6 Å². The average molecular weight is 240 g/mol. The molecule has 0 bridgehead atoms. The first-order chi connectivity index (χ1) is 7.86. The zero-order chi connectivity index (χ0) is 13.1. The number of aromatic amines is 1. The molecule has 1 atom stereocenters. The number of amides is 1. The molecule has 6 heteroatoms. The number of hydrogen-bond donors (Lipinski definition) is 4. The van der Waals surface area contributed by atoms with Crippen molar-refractivity contribution in [2.45, 2.75) is 33.2 Å². The third-order valence-corrected chi connectivity index (χ3v) is 2.66. The van der Waals surface area contributed by atoms with Gasteiger partial charge in [0, 0.05) is 12.6 Å². The Balaban J connectivity index is 2.75. The monoisotopic (exact) mass is 240 g/mol. The van der Waals surface area contributed by atoms with Crippen LogP contribution in [0.25, 0.3) is 0 Å². The third-order valence-electron chi connectivity index (χ3n) is 2.66. The number of aliphatic hydroxyl groups excluding tert-OH is 1. The predicted molar refractivity (Wildman–Crippen MR) is 65.4 cm³/mol. The van der Waals surface area contributed by atoms with E-state index >= 15 is 0 Å². The van der Waals surface area contributed by atoms with Gasteiger partial charge in [0.25, 0.3) is 5.91 Å². The maximum Gasteiger partial charge on any atom is 0.271 e. The maximum atomic E-state index is 11.9. The molecule has 0 aliphatic rings. The molecule has 1 amide bonds. The molecular weight excluding hydrogens is 220 g/mol. The fourth-order valence-corrected chi connectivity index (χ4v) is 1.56. The smallest absolute Gasteiger partial charge is 0.271 e. The number of anilines is 1. The number of nitrogens with one attached hydrogen (secondary N) is 2. The quantitative estimate of drug-likeness (QED) is 0.615. The summed E-state index contributed by atoms with van der Waals surface area (Å²) >= 11 is 0. The largest absolute Gasteiger partial charge is 0.396 e. The minimum Gasteiger partial charge on any atom is -0.396 e. The Morgan fingerprint density at radius 3 is 2.71 bits per heavy atom. The van der Waals surface area contributed by atoms with Gasteiger partial charge in [-0.05, 0) is 11.8 Å². The van der Waals surface area contributed by atoms with Gasteiger partial charge in [0.05, 0.1) is 11.9 Å². The van der Waals surface area contributed by atoms with E-state index in [-0.39, 0.29) is 29.7 Å². The summed E-state index contributed by atoms with van der Waals surface area (Å²) < 4.78 is 0. The molecule has 6 nitrogen and oxygen atoms in total. The predicted octanol–water partition coefficient (Wildman–Crippen LogP) is 0.519. The van der Waals surface area contributed by atoms with Gasteiger partial charge < -0.3 is 16.2 Å². The number of aliphatic hydroxyl groups is 1. The Labute approximate surface area is 101 Å². The highest BCUT2D eigenvalue weighted by Gasteiger charge is 2.27. The standard InChI is InChI=1S/C11H20N4O2/c1-11(2,3)8(4-5-16)14-10(17)9-7(12)6-13-15-9/h6,8,16H,4-5,12H2,1-3H3,(H,13,15)(H,14,17). The zero-order valence-electron chi connectivity index (χ0n) is 10.4. The van der Waals surface area contributed by atoms with Crippen molar-refractivity contribution in [1.82, 2.24) is 15.5 Å². The van der Waals surface area contributed by atoms with E-state index in [0.29, 0.717) is 12.1 Å². The number of H-pyrrole nitrogens is 1. The van der Waals surface area contributed by atoms with E-state index in [2.05, 4.69) is 15.5 Å². The van der Waals surface area contributed by atoms with Crippen molar-refractivity contribution in [3.05, 3.63) is 11.9 Å². The van der Waals surface area contributed by atoms with Gasteiger partial charge in [-0.25, -0.2) is 0 Å². The molecule has 1 unspecified atom stereocenters. The summed E-state index contributed by atoms with van der Waals surface area (Å²) in [6, 6.07) is -0.123. The molecule has 5 N–H and O–H groups in total. The molecule has 96 valence electrons. The van der Waals surface area contributed by atoms with Crippen LogP contribution in [-0.2, 0) is 0 Å². The highest BCUT2D eigenvalue weighted by molar-refractivity contribution is 5.97. The molecule has 0 aromatic carbocycles. The van der Waals surface area contributed by atoms with Crippen molar-refractivity contribution < 1.29 is 9.90 Å². The molecule has 0 saturated carbocycles. The Morgan fingerprint density at radius 2 is 2.29 bits per heavy atom. The van der Waals surface area contributed by atoms with E-state index in [4.69, 9.17) is 10.8 Å². The lowest BCUT2D eigenvalue weighted by Gasteiger charge is -2.30. The van der Waals surface area contributed by atoms with E-state index in [1.165, 1.54) is 6.20 Å². The van der Waals surface area contributed by atoms with Crippen LogP contribution in [0.2, 0.25) is 0 Å². The van der Waals surface area contributed by atoms with Crippen LogP contribution >= 0.6 is 0 Å². The van der Waals surface area contributed by atoms with Crippen LogP contribution in [0.3, 0.4) is 0 Å². The number of nitrogen functional groups attached to an aromatic ring is 1. The van der Waals surface area contributed by atoms with Crippen LogP contribution < -0.4 is 11.1 Å². The van der Waals surface area contributed by atoms with Crippen LogP contribution in [-0.4, -0.2) is 33.9 Å². The number of carbonyl (C=O) groups is 1. The van der Waals surface area contributed by atoms with Gasteiger partial charge in [-0.1, -0.05) is 20.8 Å². The van der Waals surface area contributed by atoms with Crippen LogP contribution in [0.1, 0.15) is 37.7 Å². The first kappa shape index (κ1) is 13.5. The Kier molecular flexibility index (Phi) is 4.11. The van der Waals surface area contributed by atoms with Crippen molar-refractivity contribution in [3.8, 4) is 0 Å². The second-order valence-electron chi connectivity index (χ2n) is 5.10. The fourth-order valence-electron chi connectivity index (χ4n) is 1.56. The average Bonchev–Trinajstić information content (AvgIpc) is 2.62. The van der Waals surface area contributed by atoms with Crippen molar-refractivity contribution in [3.63, 3.8) is 0 Å². The first-order valence-electron chi connectivity index (χ1n) is 5.57. The minimum absolute atomic E-state index is 0.0284. The summed E-state index contributed by atoms with van der Waals surface area (Å²) in [7, 11) is 0. The second kappa shape index (κ2) is 5.18. The van der Waals surface area contributed by atoms with Crippen molar-refractivity contribution in [2.75, 3.05) is 12.3 Å². The lowest BCUT2D eigenvalue weighted by Crippen LogP contribution is -2.44. The Morgan fingerprint density at radius 1 is 1.65 bits per heavy atom. The van der Waals surface area contributed by atoms with Gasteiger partial charge in [0.15, 0.2) is 0 Å². The van der Waals surface area contributed by atoms with Crippen LogP contribution in [0.5, 0.6) is 0 Å². The van der Waals surface area contributed by atoms with E-state index < -0.39 is 0 Å². The molecule has 0 aliphatic heterocycles. The number of hydrogen-bond acceptors (Lipinski definition) is 4. The third kappa shape index (κ3) is 3.45. The summed E-state index contributed by atoms with van der Waals surface area (Å²) in [5, 5.41) is 18.1. The summed E-state index contributed by atoms with van der Waals surface area (Å²) in [5.41, 5.74) is 6.04. The van der Waals surface area contributed by atoms with Crippen molar-refractivity contribution in [1.29, 1.82) is 0 Å². The minimum atomic E-state index is -0.298. The normalized spacial score (nSPS) is 13.4. The number of aromatic nitrogens is 2. The summed E-state index contributed by atoms with van der Waals surface area (Å²) in [5.74, 6) is -0.298. The van der Waals surface area contributed by atoms with Gasteiger partial charge in [0.1, 0.15) is 5.69 Å².